The van der Waals surface area contributed by atoms with E-state index in [-0.39, 0.29) is 27.5 Å². The lowest BCUT2D eigenvalue weighted by molar-refractivity contribution is -0.112. The molecular formula is C21H18N4O5S3. The van der Waals surface area contributed by atoms with Crippen LogP contribution in [0, 0.1) is 17.2 Å². The Hall–Kier alpha value is -3.40. The summed E-state index contributed by atoms with van der Waals surface area (Å²) >= 11 is 1.98. The number of thiophene rings is 1. The molecular weight excluding hydrogens is 484 g/mol. The van der Waals surface area contributed by atoms with Crippen LogP contribution in [0.4, 0.5) is 5.13 Å². The second-order valence-corrected chi connectivity index (χ2v) is 10.7. The lowest BCUT2D eigenvalue weighted by atomic mass is 10.1. The highest BCUT2D eigenvalue weighted by molar-refractivity contribution is 7.91. The first kappa shape index (κ1) is 24.2. The Morgan fingerprint density at radius 3 is 2.58 bits per heavy atom. The molecule has 1 aromatic carbocycles. The molecule has 1 amide bonds. The molecule has 0 aliphatic heterocycles. The lowest BCUT2D eigenvalue weighted by Gasteiger charge is -2.04. The van der Waals surface area contributed by atoms with Crippen LogP contribution in [0.25, 0.3) is 6.08 Å². The summed E-state index contributed by atoms with van der Waals surface area (Å²) in [5, 5.41) is 13.2. The molecule has 0 spiro atoms. The molecule has 0 aliphatic rings. The van der Waals surface area contributed by atoms with E-state index >= 15 is 0 Å². The van der Waals surface area contributed by atoms with Gasteiger partial charge in [0.2, 0.25) is 15.0 Å². The van der Waals surface area contributed by atoms with E-state index in [0.717, 1.165) is 0 Å². The Balaban J connectivity index is 1.67. The Morgan fingerprint density at radius 1 is 1.24 bits per heavy atom. The van der Waals surface area contributed by atoms with E-state index in [9.17, 15) is 23.3 Å². The van der Waals surface area contributed by atoms with Crippen molar-refractivity contribution in [2.45, 2.75) is 19.0 Å². The number of carbonyl (C=O) groups is 2. The number of amides is 1. The number of hydrogen-bond acceptors (Lipinski definition) is 10. The number of sulfone groups is 1. The third kappa shape index (κ3) is 6.55. The highest BCUT2D eigenvalue weighted by atomic mass is 32.2. The quantitative estimate of drug-likeness (QED) is 0.212. The Morgan fingerprint density at radius 2 is 1.97 bits per heavy atom. The van der Waals surface area contributed by atoms with Crippen molar-refractivity contribution in [1.29, 1.82) is 5.26 Å². The van der Waals surface area contributed by atoms with E-state index in [1.165, 1.54) is 17.4 Å². The van der Waals surface area contributed by atoms with E-state index in [1.54, 1.807) is 61.7 Å². The van der Waals surface area contributed by atoms with Gasteiger partial charge in [-0.25, -0.2) is 13.2 Å². The lowest BCUT2D eigenvalue weighted by Crippen LogP contribution is -2.15. The second kappa shape index (κ2) is 10.5. The number of hydrogen-bond donors (Lipinski definition) is 1. The highest BCUT2D eigenvalue weighted by Crippen LogP contribution is 2.20. The summed E-state index contributed by atoms with van der Waals surface area (Å²) in [7, 11) is -3.65. The molecule has 12 heteroatoms. The molecule has 0 radical (unpaired) electrons. The maximum absolute atomic E-state index is 12.4. The molecule has 0 fully saturated rings. The number of carbonyl (C=O) groups excluding carboxylic acids is 2. The van der Waals surface area contributed by atoms with Crippen molar-refractivity contribution in [2.75, 3.05) is 11.1 Å². The van der Waals surface area contributed by atoms with Gasteiger partial charge in [-0.15, -0.1) is 11.3 Å². The number of nitriles is 1. The molecule has 170 valence electrons. The first-order valence-electron chi connectivity index (χ1n) is 9.53. The summed E-state index contributed by atoms with van der Waals surface area (Å²) < 4.78 is 33.5. The molecule has 3 rings (SSSR count). The number of esters is 1. The second-order valence-electron chi connectivity index (χ2n) is 7.12. The van der Waals surface area contributed by atoms with E-state index in [1.807, 2.05) is 0 Å². The van der Waals surface area contributed by atoms with Crippen LogP contribution in [0.1, 0.15) is 29.1 Å². The average Bonchev–Trinajstić information content (AvgIpc) is 3.45. The number of nitrogens with one attached hydrogen (secondary N) is 1. The van der Waals surface area contributed by atoms with E-state index in [0.29, 0.717) is 27.7 Å². The van der Waals surface area contributed by atoms with E-state index in [4.69, 9.17) is 4.74 Å². The number of rotatable bonds is 8. The maximum atomic E-state index is 12.4. The Kier molecular flexibility index (Phi) is 7.70. The van der Waals surface area contributed by atoms with Crippen molar-refractivity contribution in [3.05, 3.63) is 57.8 Å². The minimum absolute atomic E-state index is 0.0284. The van der Waals surface area contributed by atoms with E-state index < -0.39 is 21.7 Å². The molecule has 0 unspecified atom stereocenters. The number of aromatic nitrogens is 2. The zero-order valence-electron chi connectivity index (χ0n) is 17.5. The summed E-state index contributed by atoms with van der Waals surface area (Å²) in [6, 6.07) is 11.5. The van der Waals surface area contributed by atoms with Crippen molar-refractivity contribution >= 4 is 55.8 Å². The largest absolute Gasteiger partial charge is 0.422 e. The number of nitrogens with zero attached hydrogens (tertiary/aromatic N) is 3. The van der Waals surface area contributed by atoms with Gasteiger partial charge in [0, 0.05) is 11.5 Å². The zero-order chi connectivity index (χ0) is 24.0. The van der Waals surface area contributed by atoms with Gasteiger partial charge in [-0.3, -0.25) is 10.1 Å². The molecule has 33 heavy (non-hydrogen) atoms. The van der Waals surface area contributed by atoms with Crippen molar-refractivity contribution in [2.24, 2.45) is 5.92 Å². The number of benzene rings is 1. The summed E-state index contributed by atoms with van der Waals surface area (Å²) in [4.78, 5) is 28.8. The SMILES string of the molecule is CC(C)CS(=O)(=O)c1nsc(NC(=O)/C(C#N)=C\c2ccc(OC(=O)c3cccs3)cc2)n1. The minimum Gasteiger partial charge on any atom is -0.422 e. The van der Waals surface area contributed by atoms with Gasteiger partial charge >= 0.3 is 5.97 Å². The topological polar surface area (TPSA) is 139 Å². The van der Waals surface area contributed by atoms with Crippen molar-refractivity contribution in [3.63, 3.8) is 0 Å². The summed E-state index contributed by atoms with van der Waals surface area (Å²) in [6.45, 7) is 3.52. The first-order valence-corrected chi connectivity index (χ1v) is 12.8. The van der Waals surface area contributed by atoms with Crippen molar-refractivity contribution < 1.29 is 22.7 Å². The summed E-state index contributed by atoms with van der Waals surface area (Å²) in [5.74, 6) is -1.13. The van der Waals surface area contributed by atoms with Gasteiger partial charge in [0.1, 0.15) is 22.3 Å². The fraction of sp³-hybridized carbons (Fsp3) is 0.190. The molecule has 1 N–H and O–H groups in total. The van der Waals surface area contributed by atoms with Crippen molar-refractivity contribution in [3.8, 4) is 11.8 Å². The Labute approximate surface area is 198 Å². The predicted molar refractivity (Wildman–Crippen MR) is 125 cm³/mol. The van der Waals surface area contributed by atoms with Gasteiger partial charge in [-0.2, -0.15) is 14.6 Å². The van der Waals surface area contributed by atoms with Crippen LogP contribution in [0.15, 0.2) is 52.5 Å². The van der Waals surface area contributed by atoms with Crippen LogP contribution < -0.4 is 10.1 Å². The average molecular weight is 503 g/mol. The van der Waals surface area contributed by atoms with Gasteiger partial charge in [0.15, 0.2) is 0 Å². The van der Waals surface area contributed by atoms with Gasteiger partial charge in [0.05, 0.1) is 5.75 Å². The molecule has 0 atom stereocenters. The normalized spacial score (nSPS) is 11.8. The fourth-order valence-corrected chi connectivity index (χ4v) is 5.52. The first-order chi connectivity index (χ1) is 15.7. The molecule has 0 saturated carbocycles. The van der Waals surface area contributed by atoms with Crippen molar-refractivity contribution in [1.82, 2.24) is 9.36 Å². The maximum Gasteiger partial charge on any atom is 0.353 e. The molecule has 0 aliphatic carbocycles. The van der Waals surface area contributed by atoms with Crippen LogP contribution in [0.2, 0.25) is 0 Å². The van der Waals surface area contributed by atoms with Crippen LogP contribution in [0.3, 0.4) is 0 Å². The van der Waals surface area contributed by atoms with E-state index in [2.05, 4.69) is 14.7 Å². The summed E-state index contributed by atoms with van der Waals surface area (Å²) in [5.41, 5.74) is 0.301. The monoisotopic (exact) mass is 502 g/mol. The zero-order valence-corrected chi connectivity index (χ0v) is 20.0. The minimum atomic E-state index is -3.65. The molecule has 2 aromatic heterocycles. The van der Waals surface area contributed by atoms with Gasteiger partial charge in [-0.1, -0.05) is 32.0 Å². The smallest absolute Gasteiger partial charge is 0.353 e. The van der Waals surface area contributed by atoms with Crippen LogP contribution in [0.5, 0.6) is 5.75 Å². The van der Waals surface area contributed by atoms with Gasteiger partial charge in [0.25, 0.3) is 11.1 Å². The fourth-order valence-electron chi connectivity index (χ4n) is 2.56. The molecule has 3 aromatic rings. The molecule has 0 bridgehead atoms. The number of anilines is 1. The molecule has 0 saturated heterocycles. The van der Waals surface area contributed by atoms with Gasteiger partial charge < -0.3 is 4.74 Å². The van der Waals surface area contributed by atoms with Crippen LogP contribution in [-0.2, 0) is 14.6 Å². The molecule has 9 nitrogen and oxygen atoms in total. The predicted octanol–water partition coefficient (Wildman–Crippen LogP) is 3.79. The van der Waals surface area contributed by atoms with Gasteiger partial charge in [-0.05, 0) is 41.1 Å². The standard InChI is InChI=1S/C21H18N4O5S3/c1-13(2)12-33(28,29)21-24-20(32-25-21)23-18(26)15(11-22)10-14-5-7-16(8-6-14)30-19(27)17-4-3-9-31-17/h3-10,13H,12H2,1-2H3,(H,23,24,25,26)/b15-10-. The third-order valence-electron chi connectivity index (χ3n) is 3.95. The van der Waals surface area contributed by atoms with Crippen LogP contribution in [-0.4, -0.2) is 35.4 Å². The summed E-state index contributed by atoms with van der Waals surface area (Å²) in [6.07, 6.45) is 1.34. The van der Waals surface area contributed by atoms with Crippen LogP contribution >= 0.6 is 22.9 Å². The number of ether oxygens (including phenoxy) is 1. The third-order valence-corrected chi connectivity index (χ3v) is 7.39. The Bertz CT molecular complexity index is 1320. The highest BCUT2D eigenvalue weighted by Gasteiger charge is 2.23. The molecule has 2 heterocycles.